The molecule has 0 spiro atoms. The van der Waals surface area contributed by atoms with Crippen LogP contribution in [-0.2, 0) is 6.18 Å². The molecule has 2 rings (SSSR count). The highest BCUT2D eigenvalue weighted by Gasteiger charge is 2.30. The van der Waals surface area contributed by atoms with Crippen LogP contribution >= 0.6 is 0 Å². The number of alkyl halides is 3. The first-order valence-corrected chi connectivity index (χ1v) is 4.82. The maximum absolute atomic E-state index is 12.3. The number of benzene rings is 1. The molecule has 0 aliphatic rings. The second-order valence-corrected chi connectivity index (χ2v) is 3.52. The molecule has 0 aliphatic heterocycles. The molecule has 1 amide bonds. The first kappa shape index (κ1) is 12.2. The van der Waals surface area contributed by atoms with Gasteiger partial charge in [0.15, 0.2) is 11.5 Å². The number of nitrogens with zero attached hydrogens (tertiary/aromatic N) is 1. The molecule has 0 atom stereocenters. The average Bonchev–Trinajstić information content (AvgIpc) is 2.77. The van der Waals surface area contributed by atoms with Gasteiger partial charge in [0, 0.05) is 11.6 Å². The van der Waals surface area contributed by atoms with E-state index in [1.165, 1.54) is 18.2 Å². The molecule has 1 aromatic carbocycles. The summed E-state index contributed by atoms with van der Waals surface area (Å²) >= 11 is 0. The van der Waals surface area contributed by atoms with Crippen molar-refractivity contribution in [2.75, 3.05) is 0 Å². The molecular formula is C11H7F3N2O2. The maximum Gasteiger partial charge on any atom is 0.416 e. The lowest BCUT2D eigenvalue weighted by Gasteiger charge is -2.05. The third-order valence-electron chi connectivity index (χ3n) is 2.26. The van der Waals surface area contributed by atoms with Crippen LogP contribution in [0.5, 0.6) is 0 Å². The quantitative estimate of drug-likeness (QED) is 0.897. The van der Waals surface area contributed by atoms with Crippen LogP contribution in [0.25, 0.3) is 11.3 Å². The molecule has 0 unspecified atom stereocenters. The number of halogens is 3. The van der Waals surface area contributed by atoms with Crippen molar-refractivity contribution in [1.29, 1.82) is 0 Å². The van der Waals surface area contributed by atoms with Crippen molar-refractivity contribution in [2.45, 2.75) is 6.18 Å². The first-order chi connectivity index (χ1) is 8.38. The number of hydrogen-bond donors (Lipinski definition) is 1. The van der Waals surface area contributed by atoms with Crippen LogP contribution in [0.3, 0.4) is 0 Å². The fraction of sp³-hybridized carbons (Fsp3) is 0.0909. The summed E-state index contributed by atoms with van der Waals surface area (Å²) in [7, 11) is 0. The van der Waals surface area contributed by atoms with Crippen molar-refractivity contribution in [3.8, 4) is 11.3 Å². The van der Waals surface area contributed by atoms with E-state index in [4.69, 9.17) is 10.3 Å². The van der Waals surface area contributed by atoms with Gasteiger partial charge in [0.2, 0.25) is 0 Å². The van der Waals surface area contributed by atoms with E-state index in [0.29, 0.717) is 5.56 Å². The summed E-state index contributed by atoms with van der Waals surface area (Å²) in [5, 5.41) is 3.39. The first-order valence-electron chi connectivity index (χ1n) is 4.82. The molecule has 0 radical (unpaired) electrons. The van der Waals surface area contributed by atoms with Gasteiger partial charge in [-0.3, -0.25) is 4.79 Å². The minimum atomic E-state index is -4.39. The Morgan fingerprint density at radius 1 is 1.22 bits per heavy atom. The summed E-state index contributed by atoms with van der Waals surface area (Å²) in [6.45, 7) is 0. The van der Waals surface area contributed by atoms with Crippen LogP contribution in [0.1, 0.15) is 16.1 Å². The third-order valence-corrected chi connectivity index (χ3v) is 2.26. The molecule has 18 heavy (non-hydrogen) atoms. The number of rotatable bonds is 2. The standard InChI is InChI=1S/C11H7F3N2O2/c12-11(13,14)7-3-1-6(2-4-7)9-5-8(10(15)17)16-18-9/h1-5H,(H2,15,17). The Hall–Kier alpha value is -2.31. The van der Waals surface area contributed by atoms with E-state index in [2.05, 4.69) is 5.16 Å². The lowest BCUT2D eigenvalue weighted by Crippen LogP contribution is -2.10. The van der Waals surface area contributed by atoms with E-state index in [1.807, 2.05) is 0 Å². The van der Waals surface area contributed by atoms with Gasteiger partial charge in [0.25, 0.3) is 5.91 Å². The number of carbonyl (C=O) groups excluding carboxylic acids is 1. The Kier molecular flexibility index (Phi) is 2.82. The normalized spacial score (nSPS) is 11.5. The van der Waals surface area contributed by atoms with E-state index in [-0.39, 0.29) is 11.5 Å². The summed E-state index contributed by atoms with van der Waals surface area (Å²) in [4.78, 5) is 10.8. The van der Waals surface area contributed by atoms with Crippen molar-refractivity contribution in [3.63, 3.8) is 0 Å². The van der Waals surface area contributed by atoms with E-state index >= 15 is 0 Å². The highest BCUT2D eigenvalue weighted by molar-refractivity contribution is 5.91. The zero-order valence-corrected chi connectivity index (χ0v) is 8.86. The molecule has 4 nitrogen and oxygen atoms in total. The fourth-order valence-electron chi connectivity index (χ4n) is 1.35. The molecule has 2 aromatic rings. The predicted octanol–water partition coefficient (Wildman–Crippen LogP) is 2.46. The van der Waals surface area contributed by atoms with Crippen LogP contribution in [0.15, 0.2) is 34.9 Å². The van der Waals surface area contributed by atoms with Gasteiger partial charge in [-0.2, -0.15) is 13.2 Å². The van der Waals surface area contributed by atoms with Crippen molar-refractivity contribution < 1.29 is 22.5 Å². The molecule has 94 valence electrons. The minimum Gasteiger partial charge on any atom is -0.364 e. The highest BCUT2D eigenvalue weighted by Crippen LogP contribution is 2.31. The van der Waals surface area contributed by atoms with Crippen LogP contribution < -0.4 is 5.73 Å². The monoisotopic (exact) mass is 256 g/mol. The summed E-state index contributed by atoms with van der Waals surface area (Å²) < 4.78 is 41.8. The predicted molar refractivity (Wildman–Crippen MR) is 55.5 cm³/mol. The zero-order valence-electron chi connectivity index (χ0n) is 8.86. The number of primary amides is 1. The Balaban J connectivity index is 2.31. The van der Waals surface area contributed by atoms with Crippen LogP contribution in [0.4, 0.5) is 13.2 Å². The van der Waals surface area contributed by atoms with E-state index in [9.17, 15) is 18.0 Å². The molecule has 0 saturated carbocycles. The van der Waals surface area contributed by atoms with Gasteiger partial charge < -0.3 is 10.3 Å². The second-order valence-electron chi connectivity index (χ2n) is 3.52. The maximum atomic E-state index is 12.3. The lowest BCUT2D eigenvalue weighted by molar-refractivity contribution is -0.137. The van der Waals surface area contributed by atoms with Crippen LogP contribution in [0.2, 0.25) is 0 Å². The summed E-state index contributed by atoms with van der Waals surface area (Å²) in [5.74, 6) is -0.588. The minimum absolute atomic E-state index is 0.0788. The summed E-state index contributed by atoms with van der Waals surface area (Å²) in [6, 6.07) is 5.57. The lowest BCUT2D eigenvalue weighted by atomic mass is 10.1. The summed E-state index contributed by atoms with van der Waals surface area (Å²) in [6.07, 6.45) is -4.39. The molecular weight excluding hydrogens is 249 g/mol. The summed E-state index contributed by atoms with van der Waals surface area (Å²) in [5.41, 5.74) is 4.51. The Morgan fingerprint density at radius 2 is 1.83 bits per heavy atom. The molecule has 2 N–H and O–H groups in total. The Morgan fingerprint density at radius 3 is 2.28 bits per heavy atom. The van der Waals surface area contributed by atoms with Crippen LogP contribution in [-0.4, -0.2) is 11.1 Å². The molecule has 0 bridgehead atoms. The van der Waals surface area contributed by atoms with Gasteiger partial charge in [-0.25, -0.2) is 0 Å². The topological polar surface area (TPSA) is 69.1 Å². The van der Waals surface area contributed by atoms with Crippen molar-refractivity contribution in [3.05, 3.63) is 41.6 Å². The second kappa shape index (κ2) is 4.17. The molecule has 0 saturated heterocycles. The highest BCUT2D eigenvalue weighted by atomic mass is 19.4. The third kappa shape index (κ3) is 2.34. The Bertz CT molecular complexity index is 573. The van der Waals surface area contributed by atoms with Gasteiger partial charge in [-0.05, 0) is 12.1 Å². The van der Waals surface area contributed by atoms with Gasteiger partial charge in [0.05, 0.1) is 5.56 Å². The Labute approximate surface area is 99.2 Å². The number of hydrogen-bond acceptors (Lipinski definition) is 3. The van der Waals surface area contributed by atoms with Gasteiger partial charge in [0.1, 0.15) is 0 Å². The molecule has 0 aliphatic carbocycles. The van der Waals surface area contributed by atoms with Gasteiger partial charge in [-0.15, -0.1) is 0 Å². The van der Waals surface area contributed by atoms with E-state index in [1.54, 1.807) is 0 Å². The molecule has 7 heteroatoms. The van der Waals surface area contributed by atoms with Gasteiger partial charge in [-0.1, -0.05) is 17.3 Å². The van der Waals surface area contributed by atoms with Crippen molar-refractivity contribution in [2.24, 2.45) is 5.73 Å². The number of carbonyl (C=O) groups is 1. The van der Waals surface area contributed by atoms with Crippen LogP contribution in [0, 0.1) is 0 Å². The molecule has 1 heterocycles. The van der Waals surface area contributed by atoms with Crippen molar-refractivity contribution >= 4 is 5.91 Å². The number of aromatic nitrogens is 1. The SMILES string of the molecule is NC(=O)c1cc(-c2ccc(C(F)(F)F)cc2)on1. The fourth-order valence-corrected chi connectivity index (χ4v) is 1.35. The zero-order chi connectivity index (χ0) is 13.3. The number of amides is 1. The largest absolute Gasteiger partial charge is 0.416 e. The van der Waals surface area contributed by atoms with E-state index < -0.39 is 17.6 Å². The molecule has 0 fully saturated rings. The van der Waals surface area contributed by atoms with Gasteiger partial charge >= 0.3 is 6.18 Å². The average molecular weight is 256 g/mol. The smallest absolute Gasteiger partial charge is 0.364 e. The van der Waals surface area contributed by atoms with Crippen molar-refractivity contribution in [1.82, 2.24) is 5.16 Å². The number of nitrogens with two attached hydrogens (primary N) is 1. The van der Waals surface area contributed by atoms with E-state index in [0.717, 1.165) is 12.1 Å². The molecule has 1 aromatic heterocycles.